The fourth-order valence-electron chi connectivity index (χ4n) is 5.41. The van der Waals surface area contributed by atoms with Crippen LogP contribution in [0.25, 0.3) is 27.5 Å². The molecule has 30 heavy (non-hydrogen) atoms. The summed E-state index contributed by atoms with van der Waals surface area (Å²) in [4.78, 5) is 4.99. The lowest BCUT2D eigenvalue weighted by molar-refractivity contribution is 0.125. The quantitative estimate of drug-likeness (QED) is 0.298. The second kappa shape index (κ2) is 5.46. The van der Waals surface area contributed by atoms with Gasteiger partial charge in [-0.15, -0.1) is 0 Å². The lowest BCUT2D eigenvalue weighted by Gasteiger charge is -2.44. The first kappa shape index (κ1) is 17.3. The molecule has 0 radical (unpaired) electrons. The smallest absolute Gasteiger partial charge is 0.145 e. The molecule has 0 saturated heterocycles. The Bertz CT molecular complexity index is 1450. The Balaban J connectivity index is 1.98. The van der Waals surface area contributed by atoms with Gasteiger partial charge in [-0.1, -0.05) is 86.6 Å². The second-order valence-corrected chi connectivity index (χ2v) is 11.7. The molecule has 1 aliphatic carbocycles. The number of hydrogen-bond acceptors (Lipinski definition) is 1. The van der Waals surface area contributed by atoms with Gasteiger partial charge in [0.05, 0.1) is 13.8 Å². The van der Waals surface area contributed by atoms with Gasteiger partial charge in [-0.3, -0.25) is 4.40 Å². The van der Waals surface area contributed by atoms with E-state index in [2.05, 4.69) is 97.2 Å². The molecule has 0 unspecified atom stereocenters. The summed E-state index contributed by atoms with van der Waals surface area (Å²) in [6.07, 6.45) is 2.11. The maximum atomic E-state index is 8.96. The highest BCUT2D eigenvalue weighted by molar-refractivity contribution is 5.99. The molecule has 0 atom stereocenters. The summed E-state index contributed by atoms with van der Waals surface area (Å²) in [5, 5.41) is 2.25. The summed E-state index contributed by atoms with van der Waals surface area (Å²) in [6.45, 7) is 20.3. The maximum Gasteiger partial charge on any atom is 0.145 e. The van der Waals surface area contributed by atoms with Crippen molar-refractivity contribution in [1.29, 1.82) is 0 Å². The van der Waals surface area contributed by atoms with Gasteiger partial charge in [-0.2, -0.15) is 0 Å². The highest BCUT2D eigenvalue weighted by atomic mass is 15.0. The minimum absolute atomic E-state index is 0.0803. The monoisotopic (exact) mass is 400 g/mol. The highest BCUT2D eigenvalue weighted by Gasteiger charge is 2.57. The van der Waals surface area contributed by atoms with Gasteiger partial charge in [0.15, 0.2) is 0 Å². The first-order chi connectivity index (χ1) is 14.6. The van der Waals surface area contributed by atoms with Crippen molar-refractivity contribution in [2.75, 3.05) is 0 Å². The van der Waals surface area contributed by atoms with Crippen molar-refractivity contribution in [2.24, 2.45) is 5.41 Å². The lowest BCUT2D eigenvalue weighted by Crippen LogP contribution is -2.42. The van der Waals surface area contributed by atoms with E-state index in [0.717, 1.165) is 27.5 Å². The molecule has 4 aromatic rings. The third kappa shape index (κ3) is 2.18. The molecule has 2 aromatic carbocycles. The van der Waals surface area contributed by atoms with E-state index >= 15 is 0 Å². The van der Waals surface area contributed by atoms with Gasteiger partial charge in [-0.05, 0) is 55.8 Å². The van der Waals surface area contributed by atoms with E-state index in [-0.39, 0.29) is 27.7 Å². The van der Waals surface area contributed by atoms with Gasteiger partial charge in [0.2, 0.25) is 0 Å². The van der Waals surface area contributed by atoms with Crippen LogP contribution in [0.15, 0.2) is 42.5 Å². The minimum Gasteiger partial charge on any atom is -0.299 e. The molecular weight excluding hydrogens is 364 g/mol. The Morgan fingerprint density at radius 3 is 2.30 bits per heavy atom. The Morgan fingerprint density at radius 2 is 1.63 bits per heavy atom. The van der Waals surface area contributed by atoms with Gasteiger partial charge < -0.3 is 0 Å². The van der Waals surface area contributed by atoms with Crippen molar-refractivity contribution in [3.05, 3.63) is 59.2 Å². The molecular formula is C28H34N2. The van der Waals surface area contributed by atoms with Gasteiger partial charge >= 0.3 is 0 Å². The van der Waals surface area contributed by atoms with E-state index in [1.165, 1.54) is 11.1 Å². The van der Waals surface area contributed by atoms with Crippen molar-refractivity contribution in [3.63, 3.8) is 0 Å². The van der Waals surface area contributed by atoms with Crippen LogP contribution in [0.5, 0.6) is 0 Å². The van der Waals surface area contributed by atoms with Gasteiger partial charge in [0.1, 0.15) is 5.65 Å². The molecule has 1 aliphatic rings. The molecule has 2 heteroatoms. The number of pyridine rings is 1. The Kier molecular flexibility index (Phi) is 3.16. The average Bonchev–Trinajstić information content (AvgIpc) is 3.12. The van der Waals surface area contributed by atoms with Gasteiger partial charge in [-0.25, -0.2) is 4.98 Å². The topological polar surface area (TPSA) is 17.3 Å². The maximum absolute atomic E-state index is 8.96. The van der Waals surface area contributed by atoms with Crippen molar-refractivity contribution in [3.8, 4) is 0 Å². The van der Waals surface area contributed by atoms with Crippen LogP contribution in [0.3, 0.4) is 0 Å². The minimum atomic E-state index is -0.227. The molecule has 2 heterocycles. The number of aromatic nitrogens is 2. The summed E-state index contributed by atoms with van der Waals surface area (Å²) in [5.41, 5.74) is 5.60. The predicted molar refractivity (Wildman–Crippen MR) is 129 cm³/mol. The molecule has 0 amide bonds. The number of benzene rings is 2. The third-order valence-corrected chi connectivity index (χ3v) is 8.64. The molecule has 0 N–H and O–H groups in total. The van der Waals surface area contributed by atoms with Crippen LogP contribution in [0.1, 0.15) is 81.7 Å². The molecule has 2 aromatic heterocycles. The van der Waals surface area contributed by atoms with E-state index in [1.54, 1.807) is 0 Å². The second-order valence-electron chi connectivity index (χ2n) is 11.7. The number of imidazole rings is 1. The van der Waals surface area contributed by atoms with Crippen LogP contribution in [-0.4, -0.2) is 9.38 Å². The van der Waals surface area contributed by atoms with Crippen LogP contribution in [0, 0.1) is 5.41 Å². The van der Waals surface area contributed by atoms with Crippen LogP contribution >= 0.6 is 0 Å². The highest BCUT2D eigenvalue weighted by Crippen LogP contribution is 2.62. The van der Waals surface area contributed by atoms with Crippen molar-refractivity contribution >= 4 is 27.5 Å². The summed E-state index contributed by atoms with van der Waals surface area (Å²) in [6, 6.07) is 9.36. The molecule has 156 valence electrons. The fourth-order valence-corrected chi connectivity index (χ4v) is 5.41. The van der Waals surface area contributed by atoms with Gasteiger partial charge in [0, 0.05) is 11.6 Å². The zero-order valence-electron chi connectivity index (χ0n) is 21.8. The largest absolute Gasteiger partial charge is 0.299 e. The summed E-state index contributed by atoms with van der Waals surface area (Å²) in [7, 11) is 0. The van der Waals surface area contributed by atoms with Crippen LogP contribution in [0.2, 0.25) is 0 Å². The van der Waals surface area contributed by atoms with Crippen molar-refractivity contribution in [1.82, 2.24) is 9.38 Å². The van der Waals surface area contributed by atoms with Crippen LogP contribution in [-0.2, 0) is 16.2 Å². The van der Waals surface area contributed by atoms with E-state index < -0.39 is 0 Å². The Labute approximate surface area is 183 Å². The molecule has 0 fully saturated rings. The summed E-state index contributed by atoms with van der Waals surface area (Å²) >= 11 is 0. The molecule has 5 rings (SSSR count). The molecule has 0 bridgehead atoms. The summed E-state index contributed by atoms with van der Waals surface area (Å²) < 4.78 is 20.0. The van der Waals surface area contributed by atoms with Gasteiger partial charge in [0.25, 0.3) is 0 Å². The molecule has 2 nitrogen and oxygen atoms in total. The van der Waals surface area contributed by atoms with E-state index in [0.29, 0.717) is 11.6 Å². The lowest BCUT2D eigenvalue weighted by atomic mass is 9.59. The van der Waals surface area contributed by atoms with Crippen molar-refractivity contribution < 1.29 is 2.74 Å². The van der Waals surface area contributed by atoms with Crippen molar-refractivity contribution in [2.45, 2.75) is 78.6 Å². The van der Waals surface area contributed by atoms with E-state index in [1.807, 2.05) is 0 Å². The average molecular weight is 401 g/mol. The third-order valence-electron chi connectivity index (χ3n) is 8.64. The Morgan fingerprint density at radius 1 is 0.933 bits per heavy atom. The first-order valence-electron chi connectivity index (χ1n) is 12.0. The van der Waals surface area contributed by atoms with E-state index in [4.69, 9.17) is 7.73 Å². The number of fused-ring (bicyclic) bond motifs is 7. The number of nitrogens with zero attached hydrogens (tertiary/aromatic N) is 2. The summed E-state index contributed by atoms with van der Waals surface area (Å²) in [5.74, 6) is 0. The van der Waals surface area contributed by atoms with Crippen LogP contribution < -0.4 is 0 Å². The predicted octanol–water partition coefficient (Wildman–Crippen LogP) is 7.53. The van der Waals surface area contributed by atoms with E-state index in [9.17, 15) is 0 Å². The molecule has 0 spiro atoms. The molecule has 0 aliphatic heterocycles. The number of hydrogen-bond donors (Lipinski definition) is 0. The first-order valence-corrected chi connectivity index (χ1v) is 11.0. The fraction of sp³-hybridized carbons (Fsp3) is 0.464. The SMILES string of the molecule is [2H]c1c2c(c3c(nc4c5ccc(C(C)(C)C)cc5ccn43)c1[2H])C(C)(C)C(C)(C)C2(C)C. The van der Waals surface area contributed by atoms with Crippen LogP contribution in [0.4, 0.5) is 0 Å². The Hall–Kier alpha value is -2.35. The number of rotatable bonds is 0. The molecule has 0 saturated carbocycles. The standard InChI is InChI=1S/C28H34N2/c1-25(2,3)18-10-11-19-17(16-18)14-15-30-23-21(29-24(19)30)13-12-20-22(23)27(6,7)28(8,9)26(20,4)5/h10-16H,1-9H3/i12D,13D. The zero-order chi connectivity index (χ0) is 23.6. The zero-order valence-corrected chi connectivity index (χ0v) is 19.8. The normalized spacial score (nSPS) is 20.6.